The molecule has 0 atom stereocenters. The van der Waals surface area contributed by atoms with E-state index in [-0.39, 0.29) is 12.5 Å². The van der Waals surface area contributed by atoms with E-state index in [1.807, 2.05) is 86.6 Å². The molecule has 4 heteroatoms. The van der Waals surface area contributed by atoms with Gasteiger partial charge >= 0.3 is 0 Å². The van der Waals surface area contributed by atoms with Gasteiger partial charge in [-0.15, -0.1) is 0 Å². The molecule has 4 nitrogen and oxygen atoms in total. The number of carbonyl (C=O) groups is 1. The molecule has 0 spiro atoms. The number of hydrogen-bond donors (Lipinski definition) is 1. The number of aryl methyl sites for hydroxylation is 2. The highest BCUT2D eigenvalue weighted by Gasteiger charge is 2.04. The normalized spacial score (nSPS) is 10.7. The Morgan fingerprint density at radius 1 is 0.963 bits per heavy atom. The van der Waals surface area contributed by atoms with E-state index in [4.69, 9.17) is 4.74 Å². The molecule has 0 aromatic heterocycles. The lowest BCUT2D eigenvalue weighted by Crippen LogP contribution is -2.20. The molecule has 0 heterocycles. The SMILES string of the molecule is Cc1ccc(N=Cc2cccc(OCC(=O)Nc3cccc(C)c3)c2)cc1. The second-order valence-electron chi connectivity index (χ2n) is 6.37. The van der Waals surface area contributed by atoms with Crippen molar-refractivity contribution in [2.45, 2.75) is 13.8 Å². The highest BCUT2D eigenvalue weighted by atomic mass is 16.5. The summed E-state index contributed by atoms with van der Waals surface area (Å²) in [4.78, 5) is 16.5. The Labute approximate surface area is 159 Å². The van der Waals surface area contributed by atoms with Crippen LogP contribution in [0.5, 0.6) is 5.75 Å². The fourth-order valence-corrected chi connectivity index (χ4v) is 2.53. The molecule has 0 aliphatic heterocycles. The van der Waals surface area contributed by atoms with Crippen LogP contribution in [-0.2, 0) is 4.79 Å². The average molecular weight is 358 g/mol. The predicted octanol–water partition coefficient (Wildman–Crippen LogP) is 5.07. The molecule has 0 radical (unpaired) electrons. The minimum Gasteiger partial charge on any atom is -0.484 e. The van der Waals surface area contributed by atoms with Gasteiger partial charge < -0.3 is 10.1 Å². The zero-order chi connectivity index (χ0) is 19.1. The first-order valence-corrected chi connectivity index (χ1v) is 8.79. The maximum absolute atomic E-state index is 12.1. The van der Waals surface area contributed by atoms with Gasteiger partial charge in [0.05, 0.1) is 5.69 Å². The van der Waals surface area contributed by atoms with E-state index in [0.717, 1.165) is 22.5 Å². The van der Waals surface area contributed by atoms with Crippen molar-refractivity contribution in [3.05, 3.63) is 89.5 Å². The van der Waals surface area contributed by atoms with E-state index in [2.05, 4.69) is 10.3 Å². The van der Waals surface area contributed by atoms with Crippen LogP contribution in [0.3, 0.4) is 0 Å². The van der Waals surface area contributed by atoms with Crippen molar-refractivity contribution in [2.24, 2.45) is 4.99 Å². The van der Waals surface area contributed by atoms with Crippen LogP contribution in [0.25, 0.3) is 0 Å². The van der Waals surface area contributed by atoms with Gasteiger partial charge in [-0.05, 0) is 61.4 Å². The highest BCUT2D eigenvalue weighted by Crippen LogP contribution is 2.16. The van der Waals surface area contributed by atoms with E-state index in [0.29, 0.717) is 5.75 Å². The summed E-state index contributed by atoms with van der Waals surface area (Å²) >= 11 is 0. The first kappa shape index (κ1) is 18.4. The summed E-state index contributed by atoms with van der Waals surface area (Å²) in [6.45, 7) is 3.98. The van der Waals surface area contributed by atoms with Crippen molar-refractivity contribution in [3.8, 4) is 5.75 Å². The quantitative estimate of drug-likeness (QED) is 0.625. The number of amides is 1. The minimum atomic E-state index is -0.195. The Kier molecular flexibility index (Phi) is 6.00. The number of anilines is 1. The molecule has 1 N–H and O–H groups in total. The van der Waals surface area contributed by atoms with Crippen LogP contribution in [0.4, 0.5) is 11.4 Å². The number of aliphatic imine (C=N–C) groups is 1. The van der Waals surface area contributed by atoms with Crippen molar-refractivity contribution in [1.82, 2.24) is 0 Å². The standard InChI is InChI=1S/C23H22N2O2/c1-17-9-11-20(12-10-17)24-15-19-6-4-8-22(14-19)27-16-23(26)25-21-7-3-5-18(2)13-21/h3-15H,16H2,1-2H3,(H,25,26). The number of nitrogens with one attached hydrogen (secondary N) is 1. The smallest absolute Gasteiger partial charge is 0.262 e. The van der Waals surface area contributed by atoms with Gasteiger partial charge in [0.2, 0.25) is 0 Å². The number of benzene rings is 3. The highest BCUT2D eigenvalue weighted by molar-refractivity contribution is 5.92. The average Bonchev–Trinajstić information content (AvgIpc) is 2.66. The van der Waals surface area contributed by atoms with Gasteiger partial charge in [-0.25, -0.2) is 0 Å². The van der Waals surface area contributed by atoms with Gasteiger partial charge in [0.25, 0.3) is 5.91 Å². The molecule has 0 aliphatic carbocycles. The molecule has 0 saturated carbocycles. The van der Waals surface area contributed by atoms with E-state index >= 15 is 0 Å². The molecule has 0 bridgehead atoms. The molecule has 0 unspecified atom stereocenters. The molecule has 3 rings (SSSR count). The maximum Gasteiger partial charge on any atom is 0.262 e. The number of hydrogen-bond acceptors (Lipinski definition) is 3. The number of carbonyl (C=O) groups excluding carboxylic acids is 1. The zero-order valence-corrected chi connectivity index (χ0v) is 15.5. The largest absolute Gasteiger partial charge is 0.484 e. The molecule has 3 aromatic carbocycles. The van der Waals surface area contributed by atoms with E-state index in [1.54, 1.807) is 6.21 Å². The van der Waals surface area contributed by atoms with Gasteiger partial charge in [0, 0.05) is 11.9 Å². The van der Waals surface area contributed by atoms with Gasteiger partial charge in [-0.3, -0.25) is 9.79 Å². The minimum absolute atomic E-state index is 0.0491. The first-order chi connectivity index (χ1) is 13.1. The lowest BCUT2D eigenvalue weighted by atomic mass is 10.2. The molecule has 27 heavy (non-hydrogen) atoms. The van der Waals surface area contributed by atoms with Gasteiger partial charge in [-0.2, -0.15) is 0 Å². The topological polar surface area (TPSA) is 50.7 Å². The molecule has 3 aromatic rings. The molecular formula is C23H22N2O2. The third-order valence-corrected chi connectivity index (χ3v) is 3.93. The summed E-state index contributed by atoms with van der Waals surface area (Å²) in [5.74, 6) is 0.432. The van der Waals surface area contributed by atoms with Crippen molar-refractivity contribution in [1.29, 1.82) is 0 Å². The summed E-state index contributed by atoms with van der Waals surface area (Å²) in [6.07, 6.45) is 1.78. The van der Waals surface area contributed by atoms with Gasteiger partial charge in [-0.1, -0.05) is 42.0 Å². The van der Waals surface area contributed by atoms with Gasteiger partial charge in [0.1, 0.15) is 5.75 Å². The number of nitrogens with zero attached hydrogens (tertiary/aromatic N) is 1. The third-order valence-electron chi connectivity index (χ3n) is 3.93. The van der Waals surface area contributed by atoms with Crippen molar-refractivity contribution < 1.29 is 9.53 Å². The molecule has 1 amide bonds. The van der Waals surface area contributed by atoms with Crippen molar-refractivity contribution in [3.63, 3.8) is 0 Å². The molecule has 136 valence electrons. The van der Waals surface area contributed by atoms with Crippen LogP contribution in [-0.4, -0.2) is 18.7 Å². The summed E-state index contributed by atoms with van der Waals surface area (Å²) in [5.41, 5.74) is 4.86. The van der Waals surface area contributed by atoms with E-state index < -0.39 is 0 Å². The van der Waals surface area contributed by atoms with Crippen molar-refractivity contribution in [2.75, 3.05) is 11.9 Å². The molecular weight excluding hydrogens is 336 g/mol. The third kappa shape index (κ3) is 5.82. The van der Waals surface area contributed by atoms with E-state index in [1.165, 1.54) is 5.56 Å². The summed E-state index contributed by atoms with van der Waals surface area (Å²) < 4.78 is 5.60. The van der Waals surface area contributed by atoms with Crippen LogP contribution in [0, 0.1) is 13.8 Å². The predicted molar refractivity (Wildman–Crippen MR) is 110 cm³/mol. The molecule has 0 aliphatic rings. The Balaban J connectivity index is 1.57. The van der Waals surface area contributed by atoms with Crippen LogP contribution >= 0.6 is 0 Å². The van der Waals surface area contributed by atoms with E-state index in [9.17, 15) is 4.79 Å². The van der Waals surface area contributed by atoms with Crippen LogP contribution in [0.15, 0.2) is 77.8 Å². The Hall–Kier alpha value is -3.40. The second-order valence-corrected chi connectivity index (χ2v) is 6.37. The summed E-state index contributed by atoms with van der Waals surface area (Å²) in [5, 5.41) is 2.83. The fraction of sp³-hybridized carbons (Fsp3) is 0.130. The van der Waals surface area contributed by atoms with Crippen molar-refractivity contribution >= 4 is 23.5 Å². The fourth-order valence-electron chi connectivity index (χ4n) is 2.53. The van der Waals surface area contributed by atoms with Gasteiger partial charge in [0.15, 0.2) is 6.61 Å². The lowest BCUT2D eigenvalue weighted by molar-refractivity contribution is -0.118. The number of ether oxygens (including phenoxy) is 1. The lowest BCUT2D eigenvalue weighted by Gasteiger charge is -2.08. The van der Waals surface area contributed by atoms with Crippen LogP contribution in [0.2, 0.25) is 0 Å². The second kappa shape index (κ2) is 8.81. The Morgan fingerprint density at radius 2 is 1.74 bits per heavy atom. The van der Waals surface area contributed by atoms with Crippen LogP contribution in [0.1, 0.15) is 16.7 Å². The Morgan fingerprint density at radius 3 is 2.52 bits per heavy atom. The summed E-state index contributed by atoms with van der Waals surface area (Å²) in [6, 6.07) is 23.2. The first-order valence-electron chi connectivity index (χ1n) is 8.79. The zero-order valence-electron chi connectivity index (χ0n) is 15.5. The number of rotatable bonds is 6. The molecule has 0 saturated heterocycles. The monoisotopic (exact) mass is 358 g/mol. The van der Waals surface area contributed by atoms with Crippen LogP contribution < -0.4 is 10.1 Å². The maximum atomic E-state index is 12.1. The summed E-state index contributed by atoms with van der Waals surface area (Å²) in [7, 11) is 0. The Bertz CT molecular complexity index is 947. The molecule has 0 fully saturated rings.